The summed E-state index contributed by atoms with van der Waals surface area (Å²) < 4.78 is 12.5. The monoisotopic (exact) mass is 428 g/mol. The lowest BCUT2D eigenvalue weighted by Gasteiger charge is -2.35. The van der Waals surface area contributed by atoms with Gasteiger partial charge >= 0.3 is 11.9 Å². The highest BCUT2D eigenvalue weighted by atomic mass is 16.7. The van der Waals surface area contributed by atoms with E-state index in [1.807, 2.05) is 42.5 Å². The molecule has 6 heteroatoms. The molecule has 0 saturated heterocycles. The number of aromatic carboxylic acids is 2. The maximum absolute atomic E-state index is 11.4. The summed E-state index contributed by atoms with van der Waals surface area (Å²) in [6.45, 7) is 0. The molecule has 0 aliphatic heterocycles. The summed E-state index contributed by atoms with van der Waals surface area (Å²) in [5.74, 6) is -2.81. The number of rotatable bonds is 7. The van der Waals surface area contributed by atoms with E-state index in [2.05, 4.69) is 0 Å². The van der Waals surface area contributed by atoms with Crippen LogP contribution in [0.15, 0.2) is 97.1 Å². The standard InChI is InChI=1S/C26H20O6/c27-24(28)19-9-4-12-22(15-19)31-26(32-23-13-5-10-20(16-23)25(29)30)14-6-11-21(17-26)18-7-2-1-3-8-18/h1-16H,17H2,(H,27,28)(H,29,30). The van der Waals surface area contributed by atoms with Crippen molar-refractivity contribution < 1.29 is 29.3 Å². The number of ether oxygens (including phenoxy) is 2. The second kappa shape index (κ2) is 8.81. The summed E-state index contributed by atoms with van der Waals surface area (Å²) in [6, 6.07) is 22.1. The first-order valence-corrected chi connectivity index (χ1v) is 9.93. The van der Waals surface area contributed by atoms with Gasteiger partial charge in [0.15, 0.2) is 0 Å². The van der Waals surface area contributed by atoms with Gasteiger partial charge in [0.25, 0.3) is 5.79 Å². The molecule has 2 N–H and O–H groups in total. The van der Waals surface area contributed by atoms with Gasteiger partial charge in [0.05, 0.1) is 17.5 Å². The molecular formula is C26H20O6. The SMILES string of the molecule is O=C(O)c1cccc(OC2(Oc3cccc(C(=O)O)c3)C=CC=C(c3ccccc3)C2)c1. The number of benzene rings is 3. The van der Waals surface area contributed by atoms with Gasteiger partial charge in [-0.15, -0.1) is 0 Å². The number of allylic oxidation sites excluding steroid dienone is 2. The average Bonchev–Trinajstić information content (AvgIpc) is 2.80. The van der Waals surface area contributed by atoms with E-state index in [9.17, 15) is 19.8 Å². The first kappa shape index (κ1) is 20.9. The summed E-state index contributed by atoms with van der Waals surface area (Å²) in [4.78, 5) is 22.8. The van der Waals surface area contributed by atoms with E-state index in [1.165, 1.54) is 24.3 Å². The first-order chi connectivity index (χ1) is 15.4. The normalized spacial score (nSPS) is 14.3. The Morgan fingerprint density at radius 3 is 1.84 bits per heavy atom. The number of hydrogen-bond acceptors (Lipinski definition) is 4. The summed E-state index contributed by atoms with van der Waals surface area (Å²) in [5.41, 5.74) is 2.12. The lowest BCUT2D eigenvalue weighted by atomic mass is 9.93. The highest BCUT2D eigenvalue weighted by Crippen LogP contribution is 2.36. The molecule has 160 valence electrons. The van der Waals surface area contributed by atoms with Crippen LogP contribution >= 0.6 is 0 Å². The van der Waals surface area contributed by atoms with Crippen LogP contribution in [0.2, 0.25) is 0 Å². The zero-order valence-electron chi connectivity index (χ0n) is 17.0. The minimum Gasteiger partial charge on any atom is -0.478 e. The van der Waals surface area contributed by atoms with Crippen LogP contribution in [0.1, 0.15) is 32.7 Å². The Morgan fingerprint density at radius 2 is 1.31 bits per heavy atom. The fourth-order valence-corrected chi connectivity index (χ4v) is 3.49. The Labute approximate surface area is 184 Å². The molecule has 32 heavy (non-hydrogen) atoms. The molecule has 0 amide bonds. The molecule has 1 aliphatic carbocycles. The average molecular weight is 428 g/mol. The number of carboxylic acids is 2. The van der Waals surface area contributed by atoms with Crippen molar-refractivity contribution >= 4 is 17.5 Å². The van der Waals surface area contributed by atoms with Crippen LogP contribution < -0.4 is 9.47 Å². The van der Waals surface area contributed by atoms with Crippen LogP contribution in [-0.4, -0.2) is 27.9 Å². The fraction of sp³-hybridized carbons (Fsp3) is 0.0769. The van der Waals surface area contributed by atoms with E-state index in [1.54, 1.807) is 30.3 Å². The Balaban J connectivity index is 1.71. The van der Waals surface area contributed by atoms with Gasteiger partial charge < -0.3 is 19.7 Å². The maximum Gasteiger partial charge on any atom is 0.335 e. The largest absolute Gasteiger partial charge is 0.478 e. The summed E-state index contributed by atoms with van der Waals surface area (Å²) >= 11 is 0. The highest BCUT2D eigenvalue weighted by Gasteiger charge is 2.36. The van der Waals surface area contributed by atoms with Gasteiger partial charge in [0, 0.05) is 0 Å². The van der Waals surface area contributed by atoms with Gasteiger partial charge in [0.1, 0.15) is 11.5 Å². The number of carboxylic acid groups (broad SMARTS) is 2. The smallest absolute Gasteiger partial charge is 0.335 e. The van der Waals surface area contributed by atoms with Crippen molar-refractivity contribution in [1.82, 2.24) is 0 Å². The van der Waals surface area contributed by atoms with Gasteiger partial charge in [-0.25, -0.2) is 9.59 Å². The maximum atomic E-state index is 11.4. The van der Waals surface area contributed by atoms with Crippen molar-refractivity contribution in [3.63, 3.8) is 0 Å². The molecule has 0 atom stereocenters. The number of carbonyl (C=O) groups is 2. The van der Waals surface area contributed by atoms with Crippen LogP contribution in [0.3, 0.4) is 0 Å². The molecule has 4 rings (SSSR count). The van der Waals surface area contributed by atoms with E-state index < -0.39 is 17.7 Å². The molecule has 0 saturated carbocycles. The van der Waals surface area contributed by atoms with Gasteiger partial charge in [-0.05, 0) is 53.6 Å². The second-order valence-electron chi connectivity index (χ2n) is 7.28. The predicted octanol–water partition coefficient (Wildman–Crippen LogP) is 5.28. The lowest BCUT2D eigenvalue weighted by molar-refractivity contribution is -0.0669. The molecule has 0 aromatic heterocycles. The quantitative estimate of drug-likeness (QED) is 0.497. The van der Waals surface area contributed by atoms with Crippen molar-refractivity contribution in [3.8, 4) is 11.5 Å². The summed E-state index contributed by atoms with van der Waals surface area (Å²) in [7, 11) is 0. The third-order valence-corrected chi connectivity index (χ3v) is 4.97. The molecule has 3 aromatic carbocycles. The van der Waals surface area contributed by atoms with Crippen molar-refractivity contribution in [2.24, 2.45) is 0 Å². The Hall–Kier alpha value is -4.32. The van der Waals surface area contributed by atoms with E-state index in [0.29, 0.717) is 17.9 Å². The van der Waals surface area contributed by atoms with Crippen molar-refractivity contribution in [3.05, 3.63) is 114 Å². The fourth-order valence-electron chi connectivity index (χ4n) is 3.49. The van der Waals surface area contributed by atoms with E-state index in [0.717, 1.165) is 11.1 Å². The van der Waals surface area contributed by atoms with E-state index >= 15 is 0 Å². The molecule has 1 aliphatic rings. The predicted molar refractivity (Wildman–Crippen MR) is 119 cm³/mol. The topological polar surface area (TPSA) is 93.1 Å². The zero-order valence-corrected chi connectivity index (χ0v) is 17.0. The molecule has 0 heterocycles. The Kier molecular flexibility index (Phi) is 5.77. The van der Waals surface area contributed by atoms with Crippen LogP contribution in [-0.2, 0) is 0 Å². The lowest BCUT2D eigenvalue weighted by Crippen LogP contribution is -2.41. The van der Waals surface area contributed by atoms with Gasteiger partial charge in [-0.3, -0.25) is 0 Å². The van der Waals surface area contributed by atoms with Gasteiger partial charge in [-0.1, -0.05) is 54.6 Å². The zero-order chi connectivity index (χ0) is 22.6. The molecule has 0 spiro atoms. The van der Waals surface area contributed by atoms with Gasteiger partial charge in [-0.2, -0.15) is 0 Å². The number of hydrogen-bond donors (Lipinski definition) is 2. The minimum absolute atomic E-state index is 0.0872. The van der Waals surface area contributed by atoms with Crippen molar-refractivity contribution in [2.45, 2.75) is 12.2 Å². The molecular weight excluding hydrogens is 408 g/mol. The Bertz CT molecular complexity index is 1150. The van der Waals surface area contributed by atoms with Crippen LogP contribution in [0.4, 0.5) is 0 Å². The molecule has 0 fully saturated rings. The van der Waals surface area contributed by atoms with Crippen LogP contribution in [0.5, 0.6) is 11.5 Å². The van der Waals surface area contributed by atoms with Crippen LogP contribution in [0, 0.1) is 0 Å². The van der Waals surface area contributed by atoms with Crippen molar-refractivity contribution in [1.29, 1.82) is 0 Å². The summed E-state index contributed by atoms with van der Waals surface area (Å²) in [6.07, 6.45) is 5.83. The molecule has 0 unspecified atom stereocenters. The van der Waals surface area contributed by atoms with E-state index in [-0.39, 0.29) is 11.1 Å². The third-order valence-electron chi connectivity index (χ3n) is 4.97. The molecule has 3 aromatic rings. The molecule has 0 radical (unpaired) electrons. The van der Waals surface area contributed by atoms with Gasteiger partial charge in [0.2, 0.25) is 0 Å². The second-order valence-corrected chi connectivity index (χ2v) is 7.28. The summed E-state index contributed by atoms with van der Waals surface area (Å²) in [5, 5.41) is 18.6. The Morgan fingerprint density at radius 1 is 0.750 bits per heavy atom. The van der Waals surface area contributed by atoms with E-state index in [4.69, 9.17) is 9.47 Å². The molecule has 0 bridgehead atoms. The highest BCUT2D eigenvalue weighted by molar-refractivity contribution is 5.88. The van der Waals surface area contributed by atoms with Crippen LogP contribution in [0.25, 0.3) is 5.57 Å². The third kappa shape index (κ3) is 4.70. The molecule has 6 nitrogen and oxygen atoms in total. The minimum atomic E-state index is -1.31. The van der Waals surface area contributed by atoms with Crippen molar-refractivity contribution in [2.75, 3.05) is 0 Å². The first-order valence-electron chi connectivity index (χ1n) is 9.93.